The molecule has 0 radical (unpaired) electrons. The molecule has 10 heteroatoms. The molecule has 4 rings (SSSR count). The summed E-state index contributed by atoms with van der Waals surface area (Å²) < 4.78 is 5.39. The Balaban J connectivity index is 0.00000150. The number of hydrogen-bond acceptors (Lipinski definition) is 7. The minimum absolute atomic E-state index is 0. The SMILES string of the molecule is CC1(N)CCCCC1C(=O)N1CCN(Cc2nc(-c3cccs3)no2)CC1.Cl.Cl. The van der Waals surface area contributed by atoms with E-state index in [4.69, 9.17) is 10.3 Å². The number of nitrogens with zero attached hydrogens (tertiary/aromatic N) is 4. The van der Waals surface area contributed by atoms with E-state index in [0.717, 1.165) is 56.7 Å². The molecule has 2 aliphatic rings. The highest BCUT2D eigenvalue weighted by atomic mass is 35.5. The molecule has 1 saturated heterocycles. The van der Waals surface area contributed by atoms with Gasteiger partial charge >= 0.3 is 0 Å². The van der Waals surface area contributed by atoms with E-state index in [9.17, 15) is 4.79 Å². The van der Waals surface area contributed by atoms with Crippen LogP contribution in [0, 0.1) is 5.92 Å². The number of halogens is 2. The van der Waals surface area contributed by atoms with Gasteiger partial charge in [0.05, 0.1) is 17.3 Å². The number of aromatic nitrogens is 2. The fourth-order valence-corrected chi connectivity index (χ4v) is 4.78. The maximum absolute atomic E-state index is 13.0. The van der Waals surface area contributed by atoms with Crippen molar-refractivity contribution in [2.45, 2.75) is 44.7 Å². The normalized spacial score (nSPS) is 25.2. The molecule has 0 spiro atoms. The average Bonchev–Trinajstić information content (AvgIpc) is 3.33. The van der Waals surface area contributed by atoms with Crippen molar-refractivity contribution < 1.29 is 9.32 Å². The first kappa shape index (κ1) is 24.1. The van der Waals surface area contributed by atoms with Gasteiger partial charge in [0.15, 0.2) is 0 Å². The van der Waals surface area contributed by atoms with Crippen LogP contribution in [0.5, 0.6) is 0 Å². The first-order chi connectivity index (χ1) is 13.0. The number of rotatable bonds is 4. The number of carbonyl (C=O) groups is 1. The fourth-order valence-electron chi connectivity index (χ4n) is 4.13. The molecule has 1 aliphatic heterocycles. The van der Waals surface area contributed by atoms with Crippen LogP contribution < -0.4 is 5.73 Å². The zero-order valence-electron chi connectivity index (χ0n) is 16.6. The standard InChI is InChI=1S/C19H27N5O2S.2ClH/c1-19(20)7-3-2-5-14(19)18(25)24-10-8-23(9-11-24)13-16-21-17(22-26-16)15-6-4-12-27-15;;/h4,6,12,14H,2-3,5,7-11,13,20H2,1H3;2*1H. The lowest BCUT2D eigenvalue weighted by Crippen LogP contribution is -2.57. The second-order valence-electron chi connectivity index (χ2n) is 7.89. The molecule has 2 aromatic heterocycles. The zero-order chi connectivity index (χ0) is 18.9. The molecular weight excluding hydrogens is 433 g/mol. The van der Waals surface area contributed by atoms with Gasteiger partial charge in [-0.25, -0.2) is 0 Å². The lowest BCUT2D eigenvalue weighted by molar-refractivity contribution is -0.140. The van der Waals surface area contributed by atoms with E-state index in [1.54, 1.807) is 11.3 Å². The van der Waals surface area contributed by atoms with Crippen molar-refractivity contribution in [1.29, 1.82) is 0 Å². The maximum atomic E-state index is 13.0. The highest BCUT2D eigenvalue weighted by Gasteiger charge is 2.40. The Morgan fingerprint density at radius 3 is 2.72 bits per heavy atom. The van der Waals surface area contributed by atoms with E-state index in [-0.39, 0.29) is 42.2 Å². The quantitative estimate of drug-likeness (QED) is 0.751. The molecule has 2 N–H and O–H groups in total. The summed E-state index contributed by atoms with van der Waals surface area (Å²) in [5, 5.41) is 6.06. The van der Waals surface area contributed by atoms with Crippen LogP contribution in [0.4, 0.5) is 0 Å². The third kappa shape index (κ3) is 5.49. The third-order valence-electron chi connectivity index (χ3n) is 5.80. The molecule has 162 valence electrons. The minimum Gasteiger partial charge on any atom is -0.340 e. The van der Waals surface area contributed by atoms with Gasteiger partial charge in [0, 0.05) is 31.7 Å². The van der Waals surface area contributed by atoms with Crippen LogP contribution in [-0.4, -0.2) is 57.6 Å². The van der Waals surface area contributed by atoms with Crippen molar-refractivity contribution in [2.24, 2.45) is 11.7 Å². The van der Waals surface area contributed by atoms with Gasteiger partial charge in [0.1, 0.15) is 0 Å². The number of amides is 1. The molecule has 0 bridgehead atoms. The summed E-state index contributed by atoms with van der Waals surface area (Å²) in [4.78, 5) is 22.7. The highest BCUT2D eigenvalue weighted by molar-refractivity contribution is 7.13. The summed E-state index contributed by atoms with van der Waals surface area (Å²) in [7, 11) is 0. The monoisotopic (exact) mass is 461 g/mol. The van der Waals surface area contributed by atoms with Gasteiger partial charge in [-0.2, -0.15) is 4.98 Å². The van der Waals surface area contributed by atoms with Crippen LogP contribution in [0.2, 0.25) is 0 Å². The maximum Gasteiger partial charge on any atom is 0.241 e. The second kappa shape index (κ2) is 10.2. The molecule has 2 unspecified atom stereocenters. The van der Waals surface area contributed by atoms with Crippen molar-refractivity contribution in [3.05, 3.63) is 23.4 Å². The lowest BCUT2D eigenvalue weighted by Gasteiger charge is -2.42. The van der Waals surface area contributed by atoms with Gasteiger partial charge in [-0.15, -0.1) is 36.2 Å². The molecule has 1 aliphatic carbocycles. The van der Waals surface area contributed by atoms with E-state index in [0.29, 0.717) is 18.3 Å². The first-order valence-corrected chi connectivity index (χ1v) is 10.6. The molecule has 7 nitrogen and oxygen atoms in total. The summed E-state index contributed by atoms with van der Waals surface area (Å²) in [6.07, 6.45) is 4.09. The van der Waals surface area contributed by atoms with Crippen LogP contribution in [0.25, 0.3) is 10.7 Å². The van der Waals surface area contributed by atoms with Crippen LogP contribution in [0.3, 0.4) is 0 Å². The van der Waals surface area contributed by atoms with E-state index < -0.39 is 0 Å². The predicted molar refractivity (Wildman–Crippen MR) is 119 cm³/mol. The number of nitrogens with two attached hydrogens (primary N) is 1. The number of hydrogen-bond donors (Lipinski definition) is 1. The molecular formula is C19H29Cl2N5O2S. The van der Waals surface area contributed by atoms with Gasteiger partial charge in [-0.3, -0.25) is 9.69 Å². The Bertz CT molecular complexity index is 775. The largest absolute Gasteiger partial charge is 0.340 e. The predicted octanol–water partition coefficient (Wildman–Crippen LogP) is 3.19. The molecule has 1 saturated carbocycles. The Labute approximate surface area is 187 Å². The summed E-state index contributed by atoms with van der Waals surface area (Å²) >= 11 is 1.60. The molecule has 1 amide bonds. The van der Waals surface area contributed by atoms with E-state index in [1.807, 2.05) is 29.3 Å². The zero-order valence-corrected chi connectivity index (χ0v) is 19.0. The van der Waals surface area contributed by atoms with Gasteiger partial charge < -0.3 is 15.2 Å². The lowest BCUT2D eigenvalue weighted by atomic mass is 9.74. The third-order valence-corrected chi connectivity index (χ3v) is 6.67. The molecule has 2 fully saturated rings. The second-order valence-corrected chi connectivity index (χ2v) is 8.84. The number of carbonyl (C=O) groups excluding carboxylic acids is 1. The average molecular weight is 462 g/mol. The summed E-state index contributed by atoms with van der Waals surface area (Å²) in [5.41, 5.74) is 6.05. The smallest absolute Gasteiger partial charge is 0.241 e. The Morgan fingerprint density at radius 1 is 1.31 bits per heavy atom. The topological polar surface area (TPSA) is 88.5 Å². The Morgan fingerprint density at radius 2 is 2.07 bits per heavy atom. The van der Waals surface area contributed by atoms with Crippen LogP contribution >= 0.6 is 36.2 Å². The molecule has 29 heavy (non-hydrogen) atoms. The van der Waals surface area contributed by atoms with Gasteiger partial charge in [0.25, 0.3) is 0 Å². The van der Waals surface area contributed by atoms with Gasteiger partial charge in [0.2, 0.25) is 17.6 Å². The minimum atomic E-state index is -0.367. The molecule has 2 aromatic rings. The van der Waals surface area contributed by atoms with Gasteiger partial charge in [-0.1, -0.05) is 24.1 Å². The van der Waals surface area contributed by atoms with E-state index in [1.165, 1.54) is 0 Å². The Kier molecular flexibility index (Phi) is 8.48. The highest BCUT2D eigenvalue weighted by Crippen LogP contribution is 2.33. The summed E-state index contributed by atoms with van der Waals surface area (Å²) in [6, 6.07) is 3.96. The number of piperazine rings is 1. The first-order valence-electron chi connectivity index (χ1n) is 9.69. The van der Waals surface area contributed by atoms with Crippen LogP contribution in [0.1, 0.15) is 38.5 Å². The van der Waals surface area contributed by atoms with Crippen molar-refractivity contribution in [1.82, 2.24) is 19.9 Å². The molecule has 0 aromatic carbocycles. The van der Waals surface area contributed by atoms with E-state index in [2.05, 4.69) is 15.0 Å². The van der Waals surface area contributed by atoms with Crippen molar-refractivity contribution in [3.63, 3.8) is 0 Å². The molecule has 3 heterocycles. The van der Waals surface area contributed by atoms with E-state index >= 15 is 0 Å². The van der Waals surface area contributed by atoms with Gasteiger partial charge in [-0.05, 0) is 31.2 Å². The van der Waals surface area contributed by atoms with Crippen molar-refractivity contribution >= 4 is 42.1 Å². The number of thiophene rings is 1. The fraction of sp³-hybridized carbons (Fsp3) is 0.632. The summed E-state index contributed by atoms with van der Waals surface area (Å²) in [5.74, 6) is 1.47. The summed E-state index contributed by atoms with van der Waals surface area (Å²) in [6.45, 7) is 5.76. The molecule has 2 atom stereocenters. The van der Waals surface area contributed by atoms with Crippen molar-refractivity contribution in [3.8, 4) is 10.7 Å². The van der Waals surface area contributed by atoms with Crippen LogP contribution in [0.15, 0.2) is 22.0 Å². The van der Waals surface area contributed by atoms with Crippen molar-refractivity contribution in [2.75, 3.05) is 26.2 Å². The Hall–Kier alpha value is -1.19. The van der Waals surface area contributed by atoms with Crippen LogP contribution in [-0.2, 0) is 11.3 Å².